The number of hydrogen-bond acceptors (Lipinski definition) is 2. The fraction of sp³-hybridized carbons (Fsp3) is 0.636. The molecule has 1 saturated carbocycles. The van der Waals surface area contributed by atoms with E-state index in [0.29, 0.717) is 18.9 Å². The molecule has 0 radical (unpaired) electrons. The molecule has 1 aliphatic carbocycles. The molecule has 1 atom stereocenters. The Balaban J connectivity index is 2.48. The number of nitrogens with zero attached hydrogens (tertiary/aromatic N) is 2. The van der Waals surface area contributed by atoms with E-state index in [1.807, 2.05) is 0 Å². The van der Waals surface area contributed by atoms with Crippen molar-refractivity contribution in [3.63, 3.8) is 0 Å². The Morgan fingerprint density at radius 2 is 1.90 bits per heavy atom. The van der Waals surface area contributed by atoms with Crippen LogP contribution < -0.4 is 0 Å². The third kappa shape index (κ3) is 3.48. The molecule has 1 aromatic heterocycles. The Hall–Kier alpha value is -1.74. The van der Waals surface area contributed by atoms with Gasteiger partial charge in [-0.2, -0.15) is 31.4 Å². The van der Waals surface area contributed by atoms with Crippen LogP contribution in [0.15, 0.2) is 6.07 Å². The van der Waals surface area contributed by atoms with Gasteiger partial charge in [-0.25, -0.2) is 0 Å². The van der Waals surface area contributed by atoms with E-state index in [1.54, 1.807) is 0 Å². The average molecular weight is 316 g/mol. The molecule has 1 aliphatic rings. The molecule has 0 spiro atoms. The summed E-state index contributed by atoms with van der Waals surface area (Å²) in [6, 6.07) is -2.04. The predicted octanol–water partition coefficient (Wildman–Crippen LogP) is 3.36. The normalized spacial score (nSPS) is 17.8. The van der Waals surface area contributed by atoms with Crippen molar-refractivity contribution in [2.45, 2.75) is 43.6 Å². The van der Waals surface area contributed by atoms with E-state index in [2.05, 4.69) is 5.10 Å². The van der Waals surface area contributed by atoms with Crippen LogP contribution in [0.2, 0.25) is 0 Å². The zero-order valence-electron chi connectivity index (χ0n) is 10.4. The van der Waals surface area contributed by atoms with Crippen molar-refractivity contribution in [1.29, 1.82) is 0 Å². The molecule has 0 aliphatic heterocycles. The van der Waals surface area contributed by atoms with Crippen molar-refractivity contribution in [2.75, 3.05) is 0 Å². The van der Waals surface area contributed by atoms with Crippen molar-refractivity contribution in [3.05, 3.63) is 17.5 Å². The van der Waals surface area contributed by atoms with Gasteiger partial charge in [-0.15, -0.1) is 0 Å². The molecule has 0 bridgehead atoms. The number of aromatic nitrogens is 2. The lowest BCUT2D eigenvalue weighted by Gasteiger charge is -2.21. The Labute approximate surface area is 114 Å². The summed E-state index contributed by atoms with van der Waals surface area (Å²) in [6.45, 7) is 0. The molecule has 118 valence electrons. The van der Waals surface area contributed by atoms with Gasteiger partial charge in [0.05, 0.1) is 6.42 Å². The summed E-state index contributed by atoms with van der Waals surface area (Å²) in [7, 11) is 0. The van der Waals surface area contributed by atoms with Gasteiger partial charge < -0.3 is 5.11 Å². The Morgan fingerprint density at radius 3 is 2.29 bits per heavy atom. The van der Waals surface area contributed by atoms with Gasteiger partial charge in [0, 0.05) is 11.6 Å². The van der Waals surface area contributed by atoms with Crippen LogP contribution >= 0.6 is 0 Å². The first-order valence-corrected chi connectivity index (χ1v) is 5.95. The van der Waals surface area contributed by atoms with E-state index < -0.39 is 42.4 Å². The second kappa shape index (κ2) is 4.92. The molecule has 0 aromatic carbocycles. The second-order valence-corrected chi connectivity index (χ2v) is 4.83. The molecule has 1 fully saturated rings. The number of carbonyl (C=O) groups is 1. The molecule has 2 rings (SSSR count). The highest BCUT2D eigenvalue weighted by molar-refractivity contribution is 5.67. The zero-order valence-corrected chi connectivity index (χ0v) is 10.4. The van der Waals surface area contributed by atoms with E-state index in [4.69, 9.17) is 5.11 Å². The number of rotatable bonds is 4. The predicted molar refractivity (Wildman–Crippen MR) is 56.5 cm³/mol. The quantitative estimate of drug-likeness (QED) is 0.867. The van der Waals surface area contributed by atoms with Crippen LogP contribution in [0.25, 0.3) is 0 Å². The van der Waals surface area contributed by atoms with Crippen LogP contribution in [0.5, 0.6) is 0 Å². The first kappa shape index (κ1) is 15.6. The maximum atomic E-state index is 12.9. The SMILES string of the molecule is O=C(O)CC(n1nc(C(F)(F)F)cc1C1CC1)C(F)(F)F. The van der Waals surface area contributed by atoms with Crippen molar-refractivity contribution in [3.8, 4) is 0 Å². The van der Waals surface area contributed by atoms with Crippen LogP contribution in [0.1, 0.15) is 42.6 Å². The Morgan fingerprint density at radius 1 is 1.33 bits per heavy atom. The van der Waals surface area contributed by atoms with Gasteiger partial charge in [0.2, 0.25) is 0 Å². The minimum atomic E-state index is -5.00. The Bertz CT molecular complexity index is 544. The molecule has 0 saturated heterocycles. The molecule has 0 amide bonds. The average Bonchev–Trinajstić information content (AvgIpc) is 3.02. The molecule has 1 N–H and O–H groups in total. The third-order valence-corrected chi connectivity index (χ3v) is 3.09. The number of halogens is 6. The van der Waals surface area contributed by atoms with Gasteiger partial charge in [-0.3, -0.25) is 9.48 Å². The van der Waals surface area contributed by atoms with E-state index in [1.165, 1.54) is 0 Å². The number of hydrogen-bond donors (Lipinski definition) is 1. The van der Waals surface area contributed by atoms with E-state index in [0.717, 1.165) is 0 Å². The van der Waals surface area contributed by atoms with E-state index in [9.17, 15) is 31.1 Å². The van der Waals surface area contributed by atoms with Gasteiger partial charge >= 0.3 is 18.3 Å². The fourth-order valence-corrected chi connectivity index (χ4v) is 1.99. The lowest BCUT2D eigenvalue weighted by atomic mass is 10.1. The molecule has 1 heterocycles. The minimum absolute atomic E-state index is 0.175. The van der Waals surface area contributed by atoms with Gasteiger partial charge in [0.25, 0.3) is 0 Å². The summed E-state index contributed by atoms with van der Waals surface area (Å²) in [6.07, 6.45) is -10.3. The first-order chi connectivity index (χ1) is 9.50. The second-order valence-electron chi connectivity index (χ2n) is 4.83. The largest absolute Gasteiger partial charge is 0.481 e. The molecular formula is C11H10F6N2O2. The lowest BCUT2D eigenvalue weighted by Crippen LogP contribution is -2.31. The number of carboxylic acid groups (broad SMARTS) is 1. The topological polar surface area (TPSA) is 55.1 Å². The number of aliphatic carboxylic acids is 1. The molecule has 1 unspecified atom stereocenters. The first-order valence-electron chi connectivity index (χ1n) is 5.95. The summed E-state index contributed by atoms with van der Waals surface area (Å²) in [5.41, 5.74) is -1.66. The molecule has 4 nitrogen and oxygen atoms in total. The molecule has 10 heteroatoms. The highest BCUT2D eigenvalue weighted by Crippen LogP contribution is 2.45. The van der Waals surface area contributed by atoms with Crippen molar-refractivity contribution in [2.24, 2.45) is 0 Å². The van der Waals surface area contributed by atoms with E-state index >= 15 is 0 Å². The molecule has 1 aromatic rings. The monoisotopic (exact) mass is 316 g/mol. The van der Waals surface area contributed by atoms with Crippen LogP contribution in [0, 0.1) is 0 Å². The van der Waals surface area contributed by atoms with Crippen LogP contribution in [0.3, 0.4) is 0 Å². The molecule has 21 heavy (non-hydrogen) atoms. The van der Waals surface area contributed by atoms with Crippen molar-refractivity contribution in [1.82, 2.24) is 9.78 Å². The Kier molecular flexibility index (Phi) is 3.66. The summed E-state index contributed by atoms with van der Waals surface area (Å²) < 4.78 is 76.8. The highest BCUT2D eigenvalue weighted by Gasteiger charge is 2.47. The number of alkyl halides is 6. The van der Waals surface area contributed by atoms with Crippen LogP contribution in [0.4, 0.5) is 26.3 Å². The summed E-state index contributed by atoms with van der Waals surface area (Å²) in [4.78, 5) is 10.6. The van der Waals surface area contributed by atoms with Gasteiger partial charge in [0.1, 0.15) is 0 Å². The summed E-state index contributed by atoms with van der Waals surface area (Å²) in [5, 5.41) is 11.5. The third-order valence-electron chi connectivity index (χ3n) is 3.09. The standard InChI is InChI=1S/C11H10F6N2O2/c12-10(13,14)7-3-6(5-1-2-5)19(18-7)8(4-9(20)21)11(15,16)17/h3,5,8H,1-2,4H2,(H,20,21). The van der Waals surface area contributed by atoms with E-state index in [-0.39, 0.29) is 10.4 Å². The van der Waals surface area contributed by atoms with Gasteiger partial charge in [-0.05, 0) is 18.9 Å². The number of carboxylic acids is 1. The highest BCUT2D eigenvalue weighted by atomic mass is 19.4. The maximum Gasteiger partial charge on any atom is 0.435 e. The van der Waals surface area contributed by atoms with Crippen molar-refractivity contribution >= 4 is 5.97 Å². The van der Waals surface area contributed by atoms with Gasteiger partial charge in [0.15, 0.2) is 11.7 Å². The summed E-state index contributed by atoms with van der Waals surface area (Å²) >= 11 is 0. The summed E-state index contributed by atoms with van der Waals surface area (Å²) in [5.74, 6) is -2.20. The van der Waals surface area contributed by atoms with Crippen LogP contribution in [-0.2, 0) is 11.0 Å². The maximum absolute atomic E-state index is 12.9. The molecular weight excluding hydrogens is 306 g/mol. The fourth-order valence-electron chi connectivity index (χ4n) is 1.99. The lowest BCUT2D eigenvalue weighted by molar-refractivity contribution is -0.180. The van der Waals surface area contributed by atoms with Crippen molar-refractivity contribution < 1.29 is 36.2 Å². The minimum Gasteiger partial charge on any atom is -0.481 e. The zero-order chi connectivity index (χ0) is 16.0. The smallest absolute Gasteiger partial charge is 0.435 e. The van der Waals surface area contributed by atoms with Crippen LogP contribution in [-0.4, -0.2) is 27.0 Å². The van der Waals surface area contributed by atoms with Gasteiger partial charge in [-0.1, -0.05) is 0 Å².